The quantitative estimate of drug-likeness (QED) is 0.780. The standard InChI is InChI=1S/C12H17NO4/c1-8-10(16-2)5-4-9(12(8)17-3)6-13-7-11(14)15/h4-5,13H,6-7H2,1-3H3,(H,14,15). The number of hydrogen-bond donors (Lipinski definition) is 2. The number of ether oxygens (including phenoxy) is 2. The average molecular weight is 239 g/mol. The van der Waals surface area contributed by atoms with Gasteiger partial charge in [0.2, 0.25) is 0 Å². The Morgan fingerprint density at radius 2 is 2.06 bits per heavy atom. The minimum atomic E-state index is -0.880. The molecule has 0 spiro atoms. The van der Waals surface area contributed by atoms with Crippen LogP contribution in [0.1, 0.15) is 11.1 Å². The van der Waals surface area contributed by atoms with Crippen molar-refractivity contribution in [3.8, 4) is 11.5 Å². The molecule has 0 atom stereocenters. The number of nitrogens with one attached hydrogen (secondary N) is 1. The first-order chi connectivity index (χ1) is 8.10. The maximum absolute atomic E-state index is 10.4. The van der Waals surface area contributed by atoms with Crippen molar-refractivity contribution in [2.24, 2.45) is 0 Å². The third kappa shape index (κ3) is 3.35. The fraction of sp³-hybridized carbons (Fsp3) is 0.417. The zero-order valence-corrected chi connectivity index (χ0v) is 10.2. The summed E-state index contributed by atoms with van der Waals surface area (Å²) in [7, 11) is 3.19. The number of benzene rings is 1. The van der Waals surface area contributed by atoms with E-state index in [1.165, 1.54) is 0 Å². The van der Waals surface area contributed by atoms with Crippen molar-refractivity contribution < 1.29 is 19.4 Å². The van der Waals surface area contributed by atoms with Gasteiger partial charge in [-0.05, 0) is 13.0 Å². The van der Waals surface area contributed by atoms with Gasteiger partial charge < -0.3 is 19.9 Å². The number of hydrogen-bond acceptors (Lipinski definition) is 4. The van der Waals surface area contributed by atoms with Gasteiger partial charge in [-0.25, -0.2) is 0 Å². The highest BCUT2D eigenvalue weighted by Crippen LogP contribution is 2.30. The highest BCUT2D eigenvalue weighted by atomic mass is 16.5. The van der Waals surface area contributed by atoms with Gasteiger partial charge in [-0.1, -0.05) is 6.07 Å². The Morgan fingerprint density at radius 1 is 1.35 bits per heavy atom. The van der Waals surface area contributed by atoms with Gasteiger partial charge in [-0.3, -0.25) is 4.79 Å². The molecule has 0 unspecified atom stereocenters. The first-order valence-corrected chi connectivity index (χ1v) is 5.23. The molecule has 0 bridgehead atoms. The zero-order chi connectivity index (χ0) is 12.8. The summed E-state index contributed by atoms with van der Waals surface area (Å²) in [6, 6.07) is 3.70. The molecular formula is C12H17NO4. The minimum Gasteiger partial charge on any atom is -0.496 e. The van der Waals surface area contributed by atoms with E-state index in [9.17, 15) is 4.79 Å². The summed E-state index contributed by atoms with van der Waals surface area (Å²) in [5.74, 6) is 0.597. The number of carboxylic acid groups (broad SMARTS) is 1. The van der Waals surface area contributed by atoms with E-state index in [0.717, 1.165) is 22.6 Å². The van der Waals surface area contributed by atoms with Crippen molar-refractivity contribution in [3.05, 3.63) is 23.3 Å². The van der Waals surface area contributed by atoms with E-state index in [2.05, 4.69) is 5.32 Å². The molecule has 0 saturated heterocycles. The molecule has 1 rings (SSSR count). The summed E-state index contributed by atoms with van der Waals surface area (Å²) in [5, 5.41) is 11.4. The Morgan fingerprint density at radius 3 is 2.59 bits per heavy atom. The highest BCUT2D eigenvalue weighted by molar-refractivity contribution is 5.69. The van der Waals surface area contributed by atoms with Crippen LogP contribution in [-0.2, 0) is 11.3 Å². The van der Waals surface area contributed by atoms with Crippen LogP contribution < -0.4 is 14.8 Å². The lowest BCUT2D eigenvalue weighted by Gasteiger charge is -2.14. The lowest BCUT2D eigenvalue weighted by Crippen LogP contribution is -2.22. The molecule has 94 valence electrons. The maximum Gasteiger partial charge on any atom is 0.317 e. The number of carbonyl (C=O) groups is 1. The second-order valence-corrected chi connectivity index (χ2v) is 3.58. The smallest absolute Gasteiger partial charge is 0.317 e. The van der Waals surface area contributed by atoms with E-state index in [1.807, 2.05) is 19.1 Å². The van der Waals surface area contributed by atoms with Crippen molar-refractivity contribution in [1.82, 2.24) is 5.32 Å². The third-order valence-electron chi connectivity index (χ3n) is 2.45. The van der Waals surface area contributed by atoms with Crippen LogP contribution >= 0.6 is 0 Å². The summed E-state index contributed by atoms with van der Waals surface area (Å²) in [5.41, 5.74) is 1.82. The Bertz CT molecular complexity index is 404. The zero-order valence-electron chi connectivity index (χ0n) is 10.2. The number of rotatable bonds is 6. The van der Waals surface area contributed by atoms with Gasteiger partial charge in [-0.2, -0.15) is 0 Å². The van der Waals surface area contributed by atoms with E-state index >= 15 is 0 Å². The van der Waals surface area contributed by atoms with E-state index in [0.29, 0.717) is 6.54 Å². The topological polar surface area (TPSA) is 67.8 Å². The van der Waals surface area contributed by atoms with E-state index in [-0.39, 0.29) is 6.54 Å². The Balaban J connectivity index is 2.85. The monoisotopic (exact) mass is 239 g/mol. The molecule has 1 aromatic rings. The Hall–Kier alpha value is -1.75. The number of methoxy groups -OCH3 is 2. The van der Waals surface area contributed by atoms with Crippen molar-refractivity contribution in [2.75, 3.05) is 20.8 Å². The van der Waals surface area contributed by atoms with Crippen LogP contribution in [0.5, 0.6) is 11.5 Å². The fourth-order valence-corrected chi connectivity index (χ4v) is 1.68. The van der Waals surface area contributed by atoms with Crippen molar-refractivity contribution >= 4 is 5.97 Å². The second kappa shape index (κ2) is 6.10. The van der Waals surface area contributed by atoms with Crippen LogP contribution in [0.25, 0.3) is 0 Å². The van der Waals surface area contributed by atoms with Crippen LogP contribution in [0.2, 0.25) is 0 Å². The molecule has 17 heavy (non-hydrogen) atoms. The third-order valence-corrected chi connectivity index (χ3v) is 2.45. The van der Waals surface area contributed by atoms with Gasteiger partial charge in [0.15, 0.2) is 0 Å². The Labute approximate surface area is 100 Å². The Kier molecular flexibility index (Phi) is 4.78. The normalized spacial score (nSPS) is 10.1. The van der Waals surface area contributed by atoms with Crippen molar-refractivity contribution in [3.63, 3.8) is 0 Å². The molecule has 5 nitrogen and oxygen atoms in total. The summed E-state index contributed by atoms with van der Waals surface area (Å²) in [6.07, 6.45) is 0. The molecule has 0 heterocycles. The highest BCUT2D eigenvalue weighted by Gasteiger charge is 2.10. The SMILES string of the molecule is COc1ccc(CNCC(=O)O)c(OC)c1C. The number of aliphatic carboxylic acids is 1. The van der Waals surface area contributed by atoms with Crippen LogP contribution in [0, 0.1) is 6.92 Å². The van der Waals surface area contributed by atoms with E-state index in [4.69, 9.17) is 14.6 Å². The lowest BCUT2D eigenvalue weighted by molar-refractivity contribution is -0.135. The van der Waals surface area contributed by atoms with Crippen LogP contribution in [-0.4, -0.2) is 31.8 Å². The molecule has 0 aromatic heterocycles. The predicted molar refractivity (Wildman–Crippen MR) is 63.6 cm³/mol. The number of carboxylic acids is 1. The minimum absolute atomic E-state index is 0.0752. The van der Waals surface area contributed by atoms with E-state index < -0.39 is 5.97 Å². The summed E-state index contributed by atoms with van der Waals surface area (Å²) >= 11 is 0. The molecule has 0 aliphatic heterocycles. The molecule has 1 aromatic carbocycles. The maximum atomic E-state index is 10.4. The van der Waals surface area contributed by atoms with Gasteiger partial charge in [0, 0.05) is 17.7 Å². The largest absolute Gasteiger partial charge is 0.496 e. The molecule has 2 N–H and O–H groups in total. The van der Waals surface area contributed by atoms with Gasteiger partial charge in [0.1, 0.15) is 11.5 Å². The summed E-state index contributed by atoms with van der Waals surface area (Å²) in [6.45, 7) is 2.27. The van der Waals surface area contributed by atoms with Crippen molar-refractivity contribution in [2.45, 2.75) is 13.5 Å². The molecule has 0 amide bonds. The van der Waals surface area contributed by atoms with Gasteiger partial charge >= 0.3 is 5.97 Å². The van der Waals surface area contributed by atoms with Gasteiger partial charge in [-0.15, -0.1) is 0 Å². The molecule has 0 radical (unpaired) electrons. The first-order valence-electron chi connectivity index (χ1n) is 5.23. The second-order valence-electron chi connectivity index (χ2n) is 3.58. The molecule has 0 fully saturated rings. The predicted octanol–water partition coefficient (Wildman–Crippen LogP) is 1.19. The first kappa shape index (κ1) is 13.3. The molecule has 5 heteroatoms. The lowest BCUT2D eigenvalue weighted by atomic mass is 10.1. The fourth-order valence-electron chi connectivity index (χ4n) is 1.68. The molecule has 0 saturated carbocycles. The van der Waals surface area contributed by atoms with Crippen LogP contribution in [0.15, 0.2) is 12.1 Å². The van der Waals surface area contributed by atoms with Crippen molar-refractivity contribution in [1.29, 1.82) is 0 Å². The van der Waals surface area contributed by atoms with Crippen LogP contribution in [0.3, 0.4) is 0 Å². The summed E-state index contributed by atoms with van der Waals surface area (Å²) < 4.78 is 10.5. The van der Waals surface area contributed by atoms with Gasteiger partial charge in [0.05, 0.1) is 20.8 Å². The van der Waals surface area contributed by atoms with E-state index in [1.54, 1.807) is 14.2 Å². The summed E-state index contributed by atoms with van der Waals surface area (Å²) in [4.78, 5) is 10.4. The van der Waals surface area contributed by atoms with Crippen LogP contribution in [0.4, 0.5) is 0 Å². The average Bonchev–Trinajstić information content (AvgIpc) is 2.29. The molecule has 0 aliphatic rings. The van der Waals surface area contributed by atoms with Gasteiger partial charge in [0.25, 0.3) is 0 Å². The molecular weight excluding hydrogens is 222 g/mol. The molecule has 0 aliphatic carbocycles.